The third kappa shape index (κ3) is 9.06. The fourth-order valence-electron chi connectivity index (χ4n) is 3.33. The van der Waals surface area contributed by atoms with Crippen LogP contribution in [0.25, 0.3) is 5.57 Å². The number of nitrogens with one attached hydrogen (secondary N) is 1. The summed E-state index contributed by atoms with van der Waals surface area (Å²) in [7, 11) is 1.72. The minimum absolute atomic E-state index is 0.0139. The van der Waals surface area contributed by atoms with Crippen molar-refractivity contribution in [2.45, 2.75) is 85.5 Å². The molecule has 0 bridgehead atoms. The Balaban J connectivity index is 0.00000125. The summed E-state index contributed by atoms with van der Waals surface area (Å²) >= 11 is 0. The molecule has 0 spiro atoms. The summed E-state index contributed by atoms with van der Waals surface area (Å²) < 4.78 is 42.0. The molecular weight excluding hydrogens is 425 g/mol. The number of amidine groups is 1. The molecule has 7 heteroatoms. The number of allylic oxidation sites excluding steroid dienone is 7. The number of hydrogen-bond donors (Lipinski definition) is 1. The van der Waals surface area contributed by atoms with Crippen LogP contribution in [0.15, 0.2) is 53.1 Å². The second kappa shape index (κ2) is 14.6. The van der Waals surface area contributed by atoms with Gasteiger partial charge in [0.05, 0.1) is 23.0 Å². The Morgan fingerprint density at radius 1 is 1.18 bits per heavy atom. The van der Waals surface area contributed by atoms with Gasteiger partial charge in [0, 0.05) is 19.2 Å². The maximum absolute atomic E-state index is 13.4. The molecule has 2 rings (SSSR count). The first kappa shape index (κ1) is 28.5. The van der Waals surface area contributed by atoms with E-state index in [9.17, 15) is 13.2 Å². The van der Waals surface area contributed by atoms with Gasteiger partial charge in [-0.15, -0.1) is 0 Å². The van der Waals surface area contributed by atoms with Crippen LogP contribution in [0.4, 0.5) is 13.2 Å². The molecule has 0 saturated carbocycles. The van der Waals surface area contributed by atoms with Crippen LogP contribution in [0.2, 0.25) is 0 Å². The van der Waals surface area contributed by atoms with E-state index < -0.39 is 11.7 Å². The van der Waals surface area contributed by atoms with Crippen molar-refractivity contribution in [3.05, 3.63) is 59.5 Å². The minimum atomic E-state index is -4.40. The molecule has 184 valence electrons. The molecule has 33 heavy (non-hydrogen) atoms. The van der Waals surface area contributed by atoms with Gasteiger partial charge in [-0.25, -0.2) is 0 Å². The first-order valence-electron chi connectivity index (χ1n) is 11.8. The normalized spacial score (nSPS) is 17.8. The number of fused-ring (bicyclic) bond motifs is 1. The van der Waals surface area contributed by atoms with E-state index in [2.05, 4.69) is 29.3 Å². The first-order chi connectivity index (χ1) is 15.7. The number of hydrogen-bond acceptors (Lipinski definition) is 2. The highest BCUT2D eigenvalue weighted by Gasteiger charge is 2.32. The van der Waals surface area contributed by atoms with Gasteiger partial charge in [0.15, 0.2) is 0 Å². The van der Waals surface area contributed by atoms with E-state index in [0.717, 1.165) is 30.9 Å². The number of halogens is 3. The Morgan fingerprint density at radius 2 is 1.85 bits per heavy atom. The van der Waals surface area contributed by atoms with Gasteiger partial charge in [-0.05, 0) is 51.3 Å². The standard InChI is InChI=1S/C22H29F3N4.C4H10/c1-5-9-16(14-17(10-6-2)22(23,24)25)19-15-20-18(12-8-13-29(20)28-19)27-21(26-4)11-7-3;1-3-4-2/h5,7,9-11,14-15,18H,6,8,12-13H2,1-4H3,(H,26,27);3-4H2,1-2H3/b9-5-,11-7-,16-14+,17-10-;. The van der Waals surface area contributed by atoms with Crippen molar-refractivity contribution in [3.8, 4) is 0 Å². The van der Waals surface area contributed by atoms with E-state index in [-0.39, 0.29) is 6.04 Å². The summed E-state index contributed by atoms with van der Waals surface area (Å²) in [6.07, 6.45) is 9.98. The lowest BCUT2D eigenvalue weighted by Crippen LogP contribution is -2.31. The summed E-state index contributed by atoms with van der Waals surface area (Å²) in [5, 5.41) is 8.00. The van der Waals surface area contributed by atoms with Crippen LogP contribution in [0.1, 0.15) is 84.2 Å². The van der Waals surface area contributed by atoms with Crippen molar-refractivity contribution in [1.29, 1.82) is 0 Å². The van der Waals surface area contributed by atoms with Gasteiger partial charge >= 0.3 is 6.18 Å². The largest absolute Gasteiger partial charge is 0.416 e. The van der Waals surface area contributed by atoms with Gasteiger partial charge in [0.1, 0.15) is 5.84 Å². The van der Waals surface area contributed by atoms with E-state index in [4.69, 9.17) is 0 Å². The molecular formula is C26H39F3N4. The number of unbranched alkanes of at least 4 members (excludes halogenated alkanes) is 1. The fraction of sp³-hybridized carbons (Fsp3) is 0.538. The van der Waals surface area contributed by atoms with Crippen molar-refractivity contribution >= 4 is 11.4 Å². The number of aromatic nitrogens is 2. The van der Waals surface area contributed by atoms with E-state index in [1.807, 2.05) is 29.8 Å². The Hall–Kier alpha value is -2.57. The summed E-state index contributed by atoms with van der Waals surface area (Å²) in [4.78, 5) is 4.24. The van der Waals surface area contributed by atoms with Crippen LogP contribution >= 0.6 is 0 Å². The summed E-state index contributed by atoms with van der Waals surface area (Å²) in [6, 6.07) is 1.89. The molecule has 0 aromatic carbocycles. The Bertz CT molecular complexity index is 869. The van der Waals surface area contributed by atoms with E-state index >= 15 is 0 Å². The Morgan fingerprint density at radius 3 is 2.36 bits per heavy atom. The molecule has 1 aromatic heterocycles. The second-order valence-corrected chi connectivity index (χ2v) is 7.79. The molecule has 1 unspecified atom stereocenters. The molecule has 0 aliphatic carbocycles. The Labute approximate surface area is 197 Å². The minimum Gasteiger partial charge on any atom is -0.362 e. The highest BCUT2D eigenvalue weighted by atomic mass is 19.4. The molecule has 1 aliphatic heterocycles. The molecule has 0 fully saturated rings. The van der Waals surface area contributed by atoms with Crippen LogP contribution in [-0.4, -0.2) is 28.8 Å². The smallest absolute Gasteiger partial charge is 0.362 e. The summed E-state index contributed by atoms with van der Waals surface area (Å²) in [5.41, 5.74) is 1.30. The number of aryl methyl sites for hydroxylation is 1. The predicted molar refractivity (Wildman–Crippen MR) is 133 cm³/mol. The second-order valence-electron chi connectivity index (χ2n) is 7.79. The van der Waals surface area contributed by atoms with Crippen LogP contribution in [0.5, 0.6) is 0 Å². The zero-order valence-electron chi connectivity index (χ0n) is 20.8. The average Bonchev–Trinajstić information content (AvgIpc) is 3.22. The topological polar surface area (TPSA) is 42.2 Å². The van der Waals surface area contributed by atoms with Gasteiger partial charge in [0.2, 0.25) is 0 Å². The lowest BCUT2D eigenvalue weighted by Gasteiger charge is -2.25. The zero-order chi connectivity index (χ0) is 24.9. The molecule has 1 N–H and O–H groups in total. The highest BCUT2D eigenvalue weighted by molar-refractivity contribution is 5.93. The van der Waals surface area contributed by atoms with Crippen molar-refractivity contribution in [2.75, 3.05) is 7.05 Å². The lowest BCUT2D eigenvalue weighted by molar-refractivity contribution is -0.0883. The predicted octanol–water partition coefficient (Wildman–Crippen LogP) is 7.58. The number of alkyl halides is 3. The van der Waals surface area contributed by atoms with Gasteiger partial charge in [0.25, 0.3) is 0 Å². The SMILES string of the molecule is C/C=C\C(=NC)NC1CCCn2nc(C(/C=C\C)=C/C(=C/CC)C(F)(F)F)cc21.CCCC. The third-order valence-corrected chi connectivity index (χ3v) is 5.12. The first-order valence-corrected chi connectivity index (χ1v) is 11.8. The maximum Gasteiger partial charge on any atom is 0.416 e. The number of rotatable bonds is 7. The van der Waals surface area contributed by atoms with Crippen molar-refractivity contribution < 1.29 is 13.2 Å². The van der Waals surface area contributed by atoms with Crippen LogP contribution < -0.4 is 5.32 Å². The number of aliphatic imine (C=N–C) groups is 1. The number of nitrogens with zero attached hydrogens (tertiary/aromatic N) is 3. The van der Waals surface area contributed by atoms with Gasteiger partial charge < -0.3 is 5.32 Å². The molecule has 1 aromatic rings. The Kier molecular flexibility index (Phi) is 12.6. The zero-order valence-corrected chi connectivity index (χ0v) is 20.8. The maximum atomic E-state index is 13.4. The van der Waals surface area contributed by atoms with Gasteiger partial charge in [-0.3, -0.25) is 9.67 Å². The third-order valence-electron chi connectivity index (χ3n) is 5.12. The molecule has 0 saturated heterocycles. The van der Waals surface area contributed by atoms with Crippen molar-refractivity contribution in [1.82, 2.24) is 15.1 Å². The van der Waals surface area contributed by atoms with Crippen LogP contribution in [0, 0.1) is 0 Å². The van der Waals surface area contributed by atoms with Crippen LogP contribution in [0.3, 0.4) is 0 Å². The van der Waals surface area contributed by atoms with Crippen LogP contribution in [-0.2, 0) is 6.54 Å². The molecule has 1 aliphatic rings. The molecule has 1 atom stereocenters. The quantitative estimate of drug-likeness (QED) is 0.257. The molecule has 0 amide bonds. The van der Waals surface area contributed by atoms with E-state index in [0.29, 0.717) is 17.7 Å². The monoisotopic (exact) mass is 464 g/mol. The van der Waals surface area contributed by atoms with Gasteiger partial charge in [-0.1, -0.05) is 57.9 Å². The van der Waals surface area contributed by atoms with Crippen molar-refractivity contribution in [3.63, 3.8) is 0 Å². The molecule has 0 radical (unpaired) electrons. The van der Waals surface area contributed by atoms with E-state index in [1.54, 1.807) is 33.0 Å². The van der Waals surface area contributed by atoms with Crippen molar-refractivity contribution in [2.24, 2.45) is 4.99 Å². The molecule has 2 heterocycles. The lowest BCUT2D eigenvalue weighted by atomic mass is 10.0. The van der Waals surface area contributed by atoms with Gasteiger partial charge in [-0.2, -0.15) is 18.3 Å². The molecule has 4 nitrogen and oxygen atoms in total. The van der Waals surface area contributed by atoms with E-state index in [1.165, 1.54) is 25.0 Å². The fourth-order valence-corrected chi connectivity index (χ4v) is 3.33. The summed E-state index contributed by atoms with van der Waals surface area (Å²) in [6.45, 7) is 10.5. The summed E-state index contributed by atoms with van der Waals surface area (Å²) in [5.74, 6) is 0.767. The highest BCUT2D eigenvalue weighted by Crippen LogP contribution is 2.32. The average molecular weight is 465 g/mol.